The first-order valence-electron chi connectivity index (χ1n) is 5.22. The molecule has 1 aromatic heterocycles. The summed E-state index contributed by atoms with van der Waals surface area (Å²) in [5.74, 6) is 0.752. The van der Waals surface area contributed by atoms with Gasteiger partial charge >= 0.3 is 0 Å². The average molecular weight is 186 g/mol. The summed E-state index contributed by atoms with van der Waals surface area (Å²) in [7, 11) is 0. The number of nitrogens with one attached hydrogen (secondary N) is 1. The highest BCUT2D eigenvalue weighted by molar-refractivity contribution is 5.55. The van der Waals surface area contributed by atoms with Gasteiger partial charge in [0.15, 0.2) is 0 Å². The minimum atomic E-state index is 0.752. The van der Waals surface area contributed by atoms with E-state index in [4.69, 9.17) is 0 Å². The van der Waals surface area contributed by atoms with Crippen molar-refractivity contribution in [3.8, 4) is 0 Å². The van der Waals surface area contributed by atoms with Crippen molar-refractivity contribution in [3.63, 3.8) is 0 Å². The summed E-state index contributed by atoms with van der Waals surface area (Å²) in [5.41, 5.74) is 2.89. The number of aromatic nitrogens is 2. The van der Waals surface area contributed by atoms with Crippen molar-refractivity contribution in [2.45, 2.75) is 25.3 Å². The number of rotatable bonds is 0. The summed E-state index contributed by atoms with van der Waals surface area (Å²) in [6.45, 7) is 1.16. The molecule has 0 saturated heterocycles. The van der Waals surface area contributed by atoms with E-state index in [1.807, 2.05) is 12.4 Å². The van der Waals surface area contributed by atoms with Gasteiger partial charge in [-0.3, -0.25) is 0 Å². The van der Waals surface area contributed by atoms with Gasteiger partial charge in [0.1, 0.15) is 0 Å². The van der Waals surface area contributed by atoms with Crippen LogP contribution < -0.4 is 0 Å². The molecule has 2 nitrogen and oxygen atoms in total. The van der Waals surface area contributed by atoms with E-state index >= 15 is 0 Å². The highest BCUT2D eigenvalue weighted by Gasteiger charge is 2.23. The smallest absolute Gasteiger partial charge is 0.0282 e. The molecule has 72 valence electrons. The Bertz CT molecular complexity index is 422. The van der Waals surface area contributed by atoms with Gasteiger partial charge in [0.25, 0.3) is 0 Å². The molecular weight excluding hydrogens is 172 g/mol. The Balaban J connectivity index is 2.32. The van der Waals surface area contributed by atoms with Crippen LogP contribution in [0.1, 0.15) is 30.0 Å². The molecular formula is C12H14N2. The largest absolute Gasteiger partial charge is 0.366 e. The maximum absolute atomic E-state index is 3.13. The van der Waals surface area contributed by atoms with Crippen LogP contribution in [0.5, 0.6) is 0 Å². The van der Waals surface area contributed by atoms with Crippen LogP contribution in [-0.2, 0) is 6.54 Å². The molecule has 1 atom stereocenters. The molecule has 14 heavy (non-hydrogen) atoms. The van der Waals surface area contributed by atoms with E-state index in [1.165, 1.54) is 24.1 Å². The molecule has 1 aliphatic carbocycles. The van der Waals surface area contributed by atoms with E-state index < -0.39 is 0 Å². The highest BCUT2D eigenvalue weighted by atomic mass is 15.0. The molecule has 2 heteroatoms. The first kappa shape index (κ1) is 7.92. The maximum Gasteiger partial charge on any atom is 0.0282 e. The number of allylic oxidation sites excluding steroid dienone is 1. The Hall–Kier alpha value is -1.44. The van der Waals surface area contributed by atoms with Crippen LogP contribution in [0.15, 0.2) is 30.7 Å². The third-order valence-corrected chi connectivity index (χ3v) is 3.14. The van der Waals surface area contributed by atoms with Crippen LogP contribution in [0.25, 0.3) is 6.08 Å². The Morgan fingerprint density at radius 2 is 2.36 bits per heavy atom. The third kappa shape index (κ3) is 1.10. The number of aryl methyl sites for hydroxylation is 1. The number of nitrogens with zero attached hydrogens (tertiary/aromatic N) is 1. The number of H-pyrrole nitrogens is 1. The zero-order valence-electron chi connectivity index (χ0n) is 8.11. The van der Waals surface area contributed by atoms with Crippen molar-refractivity contribution in [1.29, 1.82) is 0 Å². The van der Waals surface area contributed by atoms with E-state index in [9.17, 15) is 0 Å². The topological polar surface area (TPSA) is 20.7 Å². The van der Waals surface area contributed by atoms with Crippen molar-refractivity contribution in [3.05, 3.63) is 42.0 Å². The minimum absolute atomic E-state index is 0.752. The Kier molecular flexibility index (Phi) is 1.72. The fourth-order valence-corrected chi connectivity index (χ4v) is 2.48. The molecule has 1 aromatic rings. The molecule has 1 N–H and O–H groups in total. The molecule has 0 amide bonds. The van der Waals surface area contributed by atoms with Crippen molar-refractivity contribution < 1.29 is 0 Å². The lowest BCUT2D eigenvalue weighted by Crippen LogP contribution is -2.02. The molecule has 1 aliphatic heterocycles. The first-order valence-corrected chi connectivity index (χ1v) is 5.22. The quantitative estimate of drug-likeness (QED) is 0.643. The highest BCUT2D eigenvalue weighted by Crippen LogP contribution is 2.36. The summed E-state index contributed by atoms with van der Waals surface area (Å²) in [4.78, 5) is 3.13. The lowest BCUT2D eigenvalue weighted by atomic mass is 9.92. The van der Waals surface area contributed by atoms with Gasteiger partial charge in [0.2, 0.25) is 0 Å². The Morgan fingerprint density at radius 3 is 3.36 bits per heavy atom. The SMILES string of the molecule is C1=Cc2cc[nH]ccn3c2C(C1)CC3. The van der Waals surface area contributed by atoms with Crippen molar-refractivity contribution in [2.24, 2.45) is 0 Å². The van der Waals surface area contributed by atoms with Gasteiger partial charge < -0.3 is 9.55 Å². The molecule has 3 rings (SSSR count). The Labute approximate surface area is 83.6 Å². The molecule has 0 bridgehead atoms. The molecule has 2 heterocycles. The molecule has 0 fully saturated rings. The Morgan fingerprint density at radius 1 is 1.36 bits per heavy atom. The molecule has 0 radical (unpaired) electrons. The van der Waals surface area contributed by atoms with E-state index in [0.29, 0.717) is 0 Å². The van der Waals surface area contributed by atoms with E-state index in [1.54, 1.807) is 0 Å². The average Bonchev–Trinajstić information content (AvgIpc) is 2.57. The predicted octanol–water partition coefficient (Wildman–Crippen LogP) is 2.84. The third-order valence-electron chi connectivity index (χ3n) is 3.14. The molecule has 0 spiro atoms. The van der Waals surface area contributed by atoms with Crippen molar-refractivity contribution >= 4 is 6.08 Å². The lowest BCUT2D eigenvalue weighted by molar-refractivity contribution is 0.668. The second-order valence-electron chi connectivity index (χ2n) is 3.97. The number of hydrogen-bond donors (Lipinski definition) is 1. The maximum atomic E-state index is 3.13. The van der Waals surface area contributed by atoms with Gasteiger partial charge in [-0.2, -0.15) is 0 Å². The summed E-state index contributed by atoms with van der Waals surface area (Å²) < 4.78 is 2.38. The summed E-state index contributed by atoms with van der Waals surface area (Å²) in [5, 5.41) is 0. The van der Waals surface area contributed by atoms with Crippen molar-refractivity contribution in [2.75, 3.05) is 0 Å². The van der Waals surface area contributed by atoms with E-state index in [2.05, 4.69) is 34.0 Å². The van der Waals surface area contributed by atoms with Gasteiger partial charge in [-0.15, -0.1) is 0 Å². The normalized spacial score (nSPS) is 21.9. The molecule has 0 saturated carbocycles. The first-order chi connectivity index (χ1) is 6.95. The summed E-state index contributed by atoms with van der Waals surface area (Å²) in [6.07, 6.45) is 13.2. The predicted molar refractivity (Wildman–Crippen MR) is 57.4 cm³/mol. The second kappa shape index (κ2) is 3.05. The van der Waals surface area contributed by atoms with Gasteiger partial charge in [-0.1, -0.05) is 12.2 Å². The molecule has 1 unspecified atom stereocenters. The molecule has 2 aliphatic rings. The van der Waals surface area contributed by atoms with Crippen LogP contribution in [0.4, 0.5) is 0 Å². The monoisotopic (exact) mass is 186 g/mol. The van der Waals surface area contributed by atoms with E-state index in [-0.39, 0.29) is 0 Å². The zero-order valence-corrected chi connectivity index (χ0v) is 8.11. The lowest BCUT2D eigenvalue weighted by Gasteiger charge is -2.15. The minimum Gasteiger partial charge on any atom is -0.366 e. The van der Waals surface area contributed by atoms with Crippen LogP contribution in [0.2, 0.25) is 0 Å². The van der Waals surface area contributed by atoms with Gasteiger partial charge in [-0.05, 0) is 24.5 Å². The zero-order chi connectivity index (χ0) is 9.38. The second-order valence-corrected chi connectivity index (χ2v) is 3.97. The van der Waals surface area contributed by atoms with Crippen LogP contribution in [0, 0.1) is 0 Å². The van der Waals surface area contributed by atoms with Crippen LogP contribution in [0.3, 0.4) is 0 Å². The number of aromatic amines is 1. The van der Waals surface area contributed by atoms with Crippen LogP contribution in [-0.4, -0.2) is 9.55 Å². The van der Waals surface area contributed by atoms with Crippen LogP contribution >= 0.6 is 0 Å². The van der Waals surface area contributed by atoms with E-state index in [0.717, 1.165) is 12.5 Å². The van der Waals surface area contributed by atoms with Gasteiger partial charge in [0.05, 0.1) is 0 Å². The fourth-order valence-electron chi connectivity index (χ4n) is 2.48. The number of hydrogen-bond acceptors (Lipinski definition) is 0. The van der Waals surface area contributed by atoms with Gasteiger partial charge in [0, 0.05) is 36.7 Å². The standard InChI is InChI=1S/C12H14N2/c1-2-10-4-6-13-7-9-14-8-5-11(3-1)12(10)14/h1-2,4,6-7,9,11,13H,3,5,8H2. The van der Waals surface area contributed by atoms with Gasteiger partial charge in [-0.25, -0.2) is 0 Å². The molecule has 0 aromatic carbocycles. The summed E-state index contributed by atoms with van der Waals surface area (Å²) >= 11 is 0. The summed E-state index contributed by atoms with van der Waals surface area (Å²) in [6, 6.07) is 2.17. The van der Waals surface area contributed by atoms with Crippen molar-refractivity contribution in [1.82, 2.24) is 9.55 Å². The fraction of sp³-hybridized carbons (Fsp3) is 0.333.